The van der Waals surface area contributed by atoms with E-state index in [-0.39, 0.29) is 56.3 Å². The lowest BCUT2D eigenvalue weighted by Gasteiger charge is -2.51. The Hall–Kier alpha value is -2.17. The molecule has 10 fully saturated rings. The predicted molar refractivity (Wildman–Crippen MR) is 289 cm³/mol. The third-order valence-corrected chi connectivity index (χ3v) is 19.4. The Balaban J connectivity index is 0.695. The Morgan fingerprint density at radius 2 is 1.33 bits per heavy atom. The second kappa shape index (κ2) is 25.9. The average Bonchev–Trinajstić information content (AvgIpc) is 1.53. The van der Waals surface area contributed by atoms with Crippen LogP contribution in [-0.2, 0) is 99.5 Å². The van der Waals surface area contributed by atoms with Crippen LogP contribution < -0.4 is 0 Å². The van der Waals surface area contributed by atoms with Gasteiger partial charge in [0.15, 0.2) is 55.2 Å². The smallest absolute Gasteiger partial charge is 0.342 e. The van der Waals surface area contributed by atoms with Crippen LogP contribution in [0.1, 0.15) is 90.1 Å². The van der Waals surface area contributed by atoms with Crippen LogP contribution in [0, 0.1) is 6.92 Å². The molecule has 1 aromatic carbocycles. The van der Waals surface area contributed by atoms with Gasteiger partial charge in [0.05, 0.1) is 79.6 Å². The van der Waals surface area contributed by atoms with Gasteiger partial charge in [-0.1, -0.05) is 23.2 Å². The highest BCUT2D eigenvalue weighted by molar-refractivity contribution is 6.39. The number of phenolic OH excluding ortho intramolecular Hbond substituents is 2. The molecule has 500 valence electrons. The van der Waals surface area contributed by atoms with Gasteiger partial charge in [-0.25, -0.2) is 4.79 Å². The van der Waals surface area contributed by atoms with Crippen molar-refractivity contribution in [3.8, 4) is 11.5 Å². The van der Waals surface area contributed by atoms with Gasteiger partial charge in [0.25, 0.3) is 5.97 Å². The van der Waals surface area contributed by atoms with E-state index in [1.54, 1.807) is 34.6 Å². The fourth-order valence-electron chi connectivity index (χ4n) is 14.1. The van der Waals surface area contributed by atoms with Crippen molar-refractivity contribution in [3.63, 3.8) is 0 Å². The molecule has 10 heterocycles. The molecule has 1 aromatic rings. The van der Waals surface area contributed by atoms with Crippen molar-refractivity contribution in [2.45, 2.75) is 270 Å². The topological polar surface area (TPSA) is 373 Å². The van der Waals surface area contributed by atoms with Crippen LogP contribution in [0.25, 0.3) is 0 Å². The summed E-state index contributed by atoms with van der Waals surface area (Å²) < 4.78 is 130. The van der Waals surface area contributed by atoms with Gasteiger partial charge in [-0.2, -0.15) is 0 Å². The Morgan fingerprint density at radius 1 is 0.648 bits per heavy atom. The molecule has 8 N–H and O–H groups in total. The van der Waals surface area contributed by atoms with Crippen LogP contribution in [0.3, 0.4) is 0 Å². The first-order chi connectivity index (χ1) is 41.6. The molecular formula is C56H82Cl2O30. The van der Waals surface area contributed by atoms with Crippen molar-refractivity contribution in [1.29, 1.82) is 0 Å². The number of fused-ring (bicyclic) bond motifs is 4. The lowest BCUT2D eigenvalue weighted by Crippen LogP contribution is -2.72. The molecule has 0 aliphatic carbocycles. The zero-order valence-electron chi connectivity index (χ0n) is 50.4. The van der Waals surface area contributed by atoms with Crippen molar-refractivity contribution in [2.75, 3.05) is 41.3 Å². The Bertz CT molecular complexity index is 2580. The van der Waals surface area contributed by atoms with Gasteiger partial charge in [-0.3, -0.25) is 0 Å². The molecule has 30 nitrogen and oxygen atoms in total. The molecule has 11 rings (SSSR count). The molecule has 32 heteroatoms. The van der Waals surface area contributed by atoms with E-state index in [0.717, 1.165) is 0 Å². The summed E-state index contributed by atoms with van der Waals surface area (Å²) >= 11 is 12.1. The van der Waals surface area contributed by atoms with Gasteiger partial charge in [-0.05, 0) is 61.0 Å². The number of hydrogen-bond donors (Lipinski definition) is 8. The monoisotopic (exact) mass is 1300 g/mol. The molecule has 2 unspecified atom stereocenters. The maximum atomic E-state index is 13.3. The number of carbonyl (C=O) groups is 1. The normalized spacial score (nSPS) is 49.8. The first kappa shape index (κ1) is 67.3. The summed E-state index contributed by atoms with van der Waals surface area (Å²) in [6.07, 6.45) is -29.5. The molecule has 0 amide bonds. The highest BCUT2D eigenvalue weighted by Crippen LogP contribution is 2.53. The molecule has 10 saturated heterocycles. The minimum Gasteiger partial charge on any atom is -0.505 e. The Kier molecular flexibility index (Phi) is 19.8. The number of aliphatic hydroxyl groups is 6. The number of methoxy groups -OCH3 is 3. The molecule has 0 saturated carbocycles. The van der Waals surface area contributed by atoms with Gasteiger partial charge in [-0.15, -0.1) is 0 Å². The lowest BCUT2D eigenvalue weighted by molar-refractivity contribution is -0.437. The molecule has 0 radical (unpaired) electrons. The van der Waals surface area contributed by atoms with Crippen molar-refractivity contribution < 1.29 is 145 Å². The minimum atomic E-state index is -1.83. The third-order valence-electron chi connectivity index (χ3n) is 18.6. The number of aromatic hydroxyl groups is 2. The van der Waals surface area contributed by atoms with E-state index < -0.39 is 217 Å². The van der Waals surface area contributed by atoms with Crippen LogP contribution in [0.15, 0.2) is 0 Å². The first-order valence-corrected chi connectivity index (χ1v) is 30.3. The van der Waals surface area contributed by atoms with E-state index in [9.17, 15) is 45.6 Å². The number of rotatable bonds is 15. The minimum absolute atomic E-state index is 0.00155. The molecule has 31 atom stereocenters. The first-order valence-electron chi connectivity index (χ1n) is 29.6. The number of benzene rings is 1. The van der Waals surface area contributed by atoms with Crippen LogP contribution >= 0.6 is 23.2 Å². The summed E-state index contributed by atoms with van der Waals surface area (Å²) in [4.78, 5) is 13.3. The number of halogens is 2. The maximum absolute atomic E-state index is 13.3. The van der Waals surface area contributed by atoms with Crippen molar-refractivity contribution >= 4 is 29.2 Å². The summed E-state index contributed by atoms with van der Waals surface area (Å²) in [6, 6.07) is 0. The van der Waals surface area contributed by atoms with E-state index in [4.69, 9.17) is 123 Å². The summed E-state index contributed by atoms with van der Waals surface area (Å²) in [5.41, 5.74) is -3.39. The van der Waals surface area contributed by atoms with Crippen LogP contribution in [0.5, 0.6) is 11.5 Å². The molecule has 2 spiro atoms. The lowest BCUT2D eigenvalue weighted by atomic mass is 9.80. The van der Waals surface area contributed by atoms with E-state index in [2.05, 4.69) is 0 Å². The Labute approximate surface area is 516 Å². The SMILES string of the molecule is COC[C@H]1O[C@@H](O[C@@H]2C[C@@H]3O[C@@]4(O[C@H]3CO2)O[C@H](C)[C@@](O)(C(C)O)[C@@H]2OCO[C@H]24)[C@@H](OC)[C@@H](O)[C@@H]1O[C@@H]1O[C@H](C)[C@H](OC)[C@H](O[C@H]2C[C@@]3(C)OC4(C[C@@H](O)[C@H](O[C@H]5C[C@@H](O)[C@H](OC(=O)c6c(C)c(Cl)c(O)c(Cl)c6O)[C@@H](C)O5)[C@@H](C)O4)O[C@@H]3[C@@H](C)O2)[C@H]1O. The van der Waals surface area contributed by atoms with E-state index in [1.807, 2.05) is 0 Å². The maximum Gasteiger partial charge on any atom is 0.342 e. The fourth-order valence-corrected chi connectivity index (χ4v) is 14.5. The largest absolute Gasteiger partial charge is 0.505 e. The van der Waals surface area contributed by atoms with Gasteiger partial charge < -0.3 is 140 Å². The number of ether oxygens (including phenoxy) is 21. The summed E-state index contributed by atoms with van der Waals surface area (Å²) in [7, 11) is 4.22. The second-order valence-corrected chi connectivity index (χ2v) is 25.3. The number of aliphatic hydroxyl groups excluding tert-OH is 5. The van der Waals surface area contributed by atoms with E-state index in [0.29, 0.717) is 0 Å². The third kappa shape index (κ3) is 12.0. The summed E-state index contributed by atoms with van der Waals surface area (Å²) in [5.74, 6) is -6.02. The Morgan fingerprint density at radius 3 is 2.01 bits per heavy atom. The fraction of sp³-hybridized carbons (Fsp3) is 0.875. The van der Waals surface area contributed by atoms with Gasteiger partial charge >= 0.3 is 11.9 Å². The molecule has 0 aromatic heterocycles. The molecular weight excluding hydrogens is 1220 g/mol. The summed E-state index contributed by atoms with van der Waals surface area (Å²) in [5, 5.41) is 89.1. The average molecular weight is 1310 g/mol. The van der Waals surface area contributed by atoms with Gasteiger partial charge in [0.2, 0.25) is 0 Å². The van der Waals surface area contributed by atoms with Crippen molar-refractivity contribution in [2.24, 2.45) is 0 Å². The zero-order chi connectivity index (χ0) is 63.4. The highest BCUT2D eigenvalue weighted by atomic mass is 35.5. The number of phenols is 2. The van der Waals surface area contributed by atoms with Crippen molar-refractivity contribution in [1.82, 2.24) is 0 Å². The molecule has 0 bridgehead atoms. The zero-order valence-corrected chi connectivity index (χ0v) is 51.9. The van der Waals surface area contributed by atoms with E-state index >= 15 is 0 Å². The standard InChI is InChI=1S/C56H82Cl2O30/c1-19-34(37(62)36(58)38(63)35(19)57)50(66)81-41-20(2)74-32(12-26(41)60)78-42-22(4)83-54(14-27(42)61)87-47-23(5)75-33(15-53(47,8)88-54)79-45-40(65)51(76-21(3)43(45)69-10)82-44-30(16-68-9)77-52(46(70-11)39(44)64)80-31-13-28-29(17-71-31)86-56(85-28)49-48(72-18-73-49)55(67,24(6)59)25(7)84-56/h20-33,39-49,51-52,59-65,67H,12-18H2,1-11H3/t20-,21-,22-,23-,24?,25-,26-,27-,28+,29+,30-,31-,32+,33+,39+,40-,41-,42-,43+,44-,45-,46+,47-,48-,49-,51+,52+,53-,54?,55+,56+/m1/s1. The molecule has 10 aliphatic rings. The summed E-state index contributed by atoms with van der Waals surface area (Å²) in [6.45, 7) is 12.5. The quantitative estimate of drug-likeness (QED) is 0.110. The molecule has 10 aliphatic heterocycles. The van der Waals surface area contributed by atoms with Crippen molar-refractivity contribution in [3.05, 3.63) is 21.2 Å². The highest BCUT2D eigenvalue weighted by Gasteiger charge is 2.71. The number of esters is 1. The van der Waals surface area contributed by atoms with Gasteiger partial charge in [0, 0.05) is 40.6 Å². The van der Waals surface area contributed by atoms with Crippen LogP contribution in [0.2, 0.25) is 10.0 Å². The van der Waals surface area contributed by atoms with Crippen LogP contribution in [-0.4, -0.2) is 277 Å². The molecule has 88 heavy (non-hydrogen) atoms. The van der Waals surface area contributed by atoms with Gasteiger partial charge in [0.1, 0.15) is 95.7 Å². The van der Waals surface area contributed by atoms with Crippen LogP contribution in [0.4, 0.5) is 0 Å². The number of carbonyl (C=O) groups excluding carboxylic acids is 1. The second-order valence-electron chi connectivity index (χ2n) is 24.5. The van der Waals surface area contributed by atoms with E-state index in [1.165, 1.54) is 42.1 Å². The number of hydrogen-bond acceptors (Lipinski definition) is 30. The predicted octanol–water partition coefficient (Wildman–Crippen LogP) is 0.363.